The zero-order valence-electron chi connectivity index (χ0n) is 16.6. The van der Waals surface area contributed by atoms with Crippen LogP contribution in [0, 0.1) is 15.9 Å². The summed E-state index contributed by atoms with van der Waals surface area (Å²) in [5, 5.41) is 22.1. The molecule has 0 saturated heterocycles. The van der Waals surface area contributed by atoms with Crippen molar-refractivity contribution in [3.8, 4) is 0 Å². The summed E-state index contributed by atoms with van der Waals surface area (Å²) in [6.45, 7) is 1.69. The number of aromatic nitrogens is 3. The van der Waals surface area contributed by atoms with Gasteiger partial charge in [-0.05, 0) is 19.1 Å². The molecule has 0 fully saturated rings. The number of amides is 1. The van der Waals surface area contributed by atoms with E-state index in [0.717, 1.165) is 11.8 Å². The van der Waals surface area contributed by atoms with Gasteiger partial charge in [-0.2, -0.15) is 0 Å². The van der Waals surface area contributed by atoms with E-state index in [2.05, 4.69) is 15.5 Å². The lowest BCUT2D eigenvalue weighted by atomic mass is 10.1. The summed E-state index contributed by atoms with van der Waals surface area (Å²) in [6, 6.07) is 10.6. The van der Waals surface area contributed by atoms with Crippen LogP contribution in [0.2, 0.25) is 0 Å². The molecule has 3 aromatic rings. The van der Waals surface area contributed by atoms with Crippen molar-refractivity contribution < 1.29 is 18.9 Å². The molecule has 1 N–H and O–H groups in total. The Bertz CT molecular complexity index is 1150. The fourth-order valence-electron chi connectivity index (χ4n) is 2.82. The molecule has 0 unspecified atom stereocenters. The molecular weight excluding hydrogens is 425 g/mol. The highest BCUT2D eigenvalue weighted by Crippen LogP contribution is 2.22. The average Bonchev–Trinajstić information content (AvgIpc) is 3.12. The van der Waals surface area contributed by atoms with Crippen LogP contribution in [0.25, 0.3) is 0 Å². The molecule has 1 heterocycles. The minimum atomic E-state index is -0.624. The van der Waals surface area contributed by atoms with E-state index in [1.807, 2.05) is 0 Å². The molecule has 0 radical (unpaired) electrons. The van der Waals surface area contributed by atoms with Crippen molar-refractivity contribution >= 4 is 29.1 Å². The molecule has 31 heavy (non-hydrogen) atoms. The van der Waals surface area contributed by atoms with Crippen LogP contribution in [-0.2, 0) is 7.05 Å². The second-order valence-corrected chi connectivity index (χ2v) is 7.54. The van der Waals surface area contributed by atoms with E-state index in [-0.39, 0.29) is 28.4 Å². The Morgan fingerprint density at radius 2 is 1.97 bits per heavy atom. The Morgan fingerprint density at radius 1 is 1.23 bits per heavy atom. The van der Waals surface area contributed by atoms with Crippen molar-refractivity contribution in [3.63, 3.8) is 0 Å². The lowest BCUT2D eigenvalue weighted by Gasteiger charge is -2.14. The molecule has 160 valence electrons. The summed E-state index contributed by atoms with van der Waals surface area (Å²) >= 11 is 1.12. The number of rotatable bonds is 8. The Hall–Kier alpha value is -3.60. The highest BCUT2D eigenvalue weighted by Gasteiger charge is 2.21. The number of nitrogens with zero attached hydrogens (tertiary/aromatic N) is 4. The molecule has 11 heteroatoms. The minimum Gasteiger partial charge on any atom is -0.342 e. The van der Waals surface area contributed by atoms with Crippen LogP contribution in [0.1, 0.15) is 39.5 Å². The van der Waals surface area contributed by atoms with E-state index in [1.165, 1.54) is 42.5 Å². The molecule has 0 aliphatic carbocycles. The number of nitro groups is 1. The van der Waals surface area contributed by atoms with Crippen molar-refractivity contribution in [1.29, 1.82) is 0 Å². The van der Waals surface area contributed by atoms with Crippen molar-refractivity contribution in [2.75, 3.05) is 5.75 Å². The fraction of sp³-hybridized carbons (Fsp3) is 0.200. The van der Waals surface area contributed by atoms with E-state index in [1.54, 1.807) is 24.6 Å². The van der Waals surface area contributed by atoms with Gasteiger partial charge in [0.1, 0.15) is 5.82 Å². The number of hydrogen-bond acceptors (Lipinski definition) is 7. The van der Waals surface area contributed by atoms with Crippen LogP contribution < -0.4 is 5.32 Å². The molecule has 1 amide bonds. The van der Waals surface area contributed by atoms with Gasteiger partial charge in [0.15, 0.2) is 16.8 Å². The van der Waals surface area contributed by atoms with Gasteiger partial charge in [0.25, 0.3) is 11.6 Å². The van der Waals surface area contributed by atoms with Gasteiger partial charge in [-0.15, -0.1) is 10.2 Å². The third-order valence-corrected chi connectivity index (χ3v) is 5.45. The van der Waals surface area contributed by atoms with E-state index in [0.29, 0.717) is 11.0 Å². The number of nitrogens with one attached hydrogen (secondary N) is 1. The first-order chi connectivity index (χ1) is 14.8. The highest BCUT2D eigenvalue weighted by molar-refractivity contribution is 7.99. The van der Waals surface area contributed by atoms with Gasteiger partial charge in [0, 0.05) is 24.7 Å². The van der Waals surface area contributed by atoms with Crippen molar-refractivity contribution in [2.45, 2.75) is 18.1 Å². The third kappa shape index (κ3) is 5.12. The second kappa shape index (κ2) is 9.47. The number of thioether (sulfide) groups is 1. The highest BCUT2D eigenvalue weighted by atomic mass is 32.2. The van der Waals surface area contributed by atoms with Gasteiger partial charge in [-0.3, -0.25) is 19.7 Å². The molecule has 1 atom stereocenters. The molecular formula is C20H18FN5O4S. The molecule has 9 nitrogen and oxygen atoms in total. The Balaban J connectivity index is 1.65. The standard InChI is InChI=1S/C20H18FN5O4S/c1-12(22-19(28)15-8-3-4-9-16(15)21)18-23-24-20(25(18)2)31-11-17(27)13-6-5-7-14(10-13)26(29)30/h3-10,12H,11H2,1-2H3,(H,22,28)/t12-/m0/s1. The molecule has 0 spiro atoms. The smallest absolute Gasteiger partial charge is 0.270 e. The normalized spacial score (nSPS) is 11.7. The van der Waals surface area contributed by atoms with E-state index < -0.39 is 22.7 Å². The maximum absolute atomic E-state index is 13.8. The zero-order valence-corrected chi connectivity index (χ0v) is 17.4. The molecule has 0 aliphatic heterocycles. The van der Waals surface area contributed by atoms with Crippen molar-refractivity contribution in [2.24, 2.45) is 7.05 Å². The molecule has 1 aromatic heterocycles. The fourth-order valence-corrected chi connectivity index (χ4v) is 3.63. The van der Waals surface area contributed by atoms with Crippen molar-refractivity contribution in [1.82, 2.24) is 20.1 Å². The summed E-state index contributed by atoms with van der Waals surface area (Å²) in [4.78, 5) is 35.0. The number of halogens is 1. The quantitative estimate of drug-likeness (QED) is 0.245. The summed E-state index contributed by atoms with van der Waals surface area (Å²) in [6.07, 6.45) is 0. The largest absolute Gasteiger partial charge is 0.342 e. The lowest BCUT2D eigenvalue weighted by molar-refractivity contribution is -0.384. The van der Waals surface area contributed by atoms with Crippen LogP contribution in [-0.4, -0.2) is 37.1 Å². The number of Topliss-reactive ketones (excluding diaryl/α,β-unsaturated/α-hetero) is 1. The Labute approximate surface area is 180 Å². The van der Waals surface area contributed by atoms with E-state index in [9.17, 15) is 24.1 Å². The number of non-ortho nitro benzene ring substituents is 1. The summed E-state index contributed by atoms with van der Waals surface area (Å²) in [5.41, 5.74) is -0.000470. The molecule has 3 rings (SSSR count). The Kier molecular flexibility index (Phi) is 6.75. The first-order valence-corrected chi connectivity index (χ1v) is 10.1. The van der Waals surface area contributed by atoms with Crippen LogP contribution in [0.4, 0.5) is 10.1 Å². The first-order valence-electron chi connectivity index (χ1n) is 9.13. The van der Waals surface area contributed by atoms with Gasteiger partial charge in [0.2, 0.25) is 0 Å². The average molecular weight is 443 g/mol. The number of benzene rings is 2. The maximum atomic E-state index is 13.8. The SMILES string of the molecule is C[C@H](NC(=O)c1ccccc1F)c1nnc(SCC(=O)c2cccc([N+](=O)[O-])c2)n1C. The van der Waals surface area contributed by atoms with Gasteiger partial charge in [-0.25, -0.2) is 4.39 Å². The van der Waals surface area contributed by atoms with Gasteiger partial charge < -0.3 is 9.88 Å². The number of hydrogen-bond donors (Lipinski definition) is 1. The zero-order chi connectivity index (χ0) is 22.5. The maximum Gasteiger partial charge on any atom is 0.270 e. The molecule has 0 aliphatic rings. The minimum absolute atomic E-state index is 0.00308. The number of ketones is 1. The molecule has 0 saturated carbocycles. The van der Waals surface area contributed by atoms with E-state index >= 15 is 0 Å². The van der Waals surface area contributed by atoms with Gasteiger partial charge >= 0.3 is 0 Å². The number of carbonyl (C=O) groups is 2. The topological polar surface area (TPSA) is 120 Å². The summed E-state index contributed by atoms with van der Waals surface area (Å²) in [5.74, 6) is -1.07. The van der Waals surface area contributed by atoms with Crippen LogP contribution in [0.5, 0.6) is 0 Å². The number of carbonyl (C=O) groups excluding carboxylic acids is 2. The van der Waals surface area contributed by atoms with Gasteiger partial charge in [0.05, 0.1) is 22.3 Å². The first kappa shape index (κ1) is 22.1. The molecule has 2 aromatic carbocycles. The number of nitro benzene ring substituents is 1. The monoisotopic (exact) mass is 443 g/mol. The van der Waals surface area contributed by atoms with Crippen LogP contribution in [0.3, 0.4) is 0 Å². The van der Waals surface area contributed by atoms with Crippen LogP contribution >= 0.6 is 11.8 Å². The summed E-state index contributed by atoms with van der Waals surface area (Å²) in [7, 11) is 1.68. The van der Waals surface area contributed by atoms with Crippen LogP contribution in [0.15, 0.2) is 53.7 Å². The Morgan fingerprint density at radius 3 is 2.68 bits per heavy atom. The molecule has 0 bridgehead atoms. The lowest BCUT2D eigenvalue weighted by Crippen LogP contribution is -2.29. The summed E-state index contributed by atoms with van der Waals surface area (Å²) < 4.78 is 15.4. The van der Waals surface area contributed by atoms with Crippen molar-refractivity contribution in [3.05, 3.63) is 81.4 Å². The van der Waals surface area contributed by atoms with E-state index in [4.69, 9.17) is 0 Å². The third-order valence-electron chi connectivity index (χ3n) is 4.43. The predicted molar refractivity (Wildman–Crippen MR) is 111 cm³/mol. The predicted octanol–water partition coefficient (Wildman–Crippen LogP) is 3.33. The second-order valence-electron chi connectivity index (χ2n) is 6.59. The van der Waals surface area contributed by atoms with Gasteiger partial charge in [-0.1, -0.05) is 36.0 Å².